The number of rotatable bonds is 12. The summed E-state index contributed by atoms with van der Waals surface area (Å²) in [5, 5.41) is 22.2. The van der Waals surface area contributed by atoms with E-state index in [9.17, 15) is 9.90 Å². The maximum Gasteiger partial charge on any atom is 0.191 e. The number of ketones is 1. The van der Waals surface area contributed by atoms with Crippen molar-refractivity contribution >= 4 is 28.9 Å². The third-order valence-corrected chi connectivity index (χ3v) is 7.27. The summed E-state index contributed by atoms with van der Waals surface area (Å²) in [6.45, 7) is 2.46. The zero-order chi connectivity index (χ0) is 23.8. The molecule has 0 saturated carbocycles. The van der Waals surface area contributed by atoms with Crippen molar-refractivity contribution in [2.45, 2.75) is 37.6 Å². The van der Waals surface area contributed by atoms with Crippen LogP contribution in [0.3, 0.4) is 0 Å². The van der Waals surface area contributed by atoms with Crippen molar-refractivity contribution in [1.82, 2.24) is 14.8 Å². The van der Waals surface area contributed by atoms with Gasteiger partial charge in [-0.1, -0.05) is 48.2 Å². The summed E-state index contributed by atoms with van der Waals surface area (Å²) < 4.78 is 7.84. The lowest BCUT2D eigenvalue weighted by molar-refractivity contribution is 0.101. The average Bonchev–Trinajstić information content (AvgIpc) is 3.51. The standard InChI is InChI=1S/C26H27N3O3S2/c1-19(30)21-9-11-23(12-10-21)32-17-22(31)18-34-26-28-27-25(16-24-8-5-15-33-24)29(26)14-13-20-6-3-2-4-7-20/h2-12,15,22,31H,13-14,16-18H2,1H3. The zero-order valence-corrected chi connectivity index (χ0v) is 20.6. The van der Waals surface area contributed by atoms with Crippen molar-refractivity contribution in [2.24, 2.45) is 0 Å². The summed E-state index contributed by atoms with van der Waals surface area (Å²) in [5.74, 6) is 2.00. The molecule has 0 aliphatic rings. The molecular formula is C26H27N3O3S2. The van der Waals surface area contributed by atoms with E-state index in [0.717, 1.165) is 30.4 Å². The molecule has 4 aromatic rings. The third-order valence-electron chi connectivity index (χ3n) is 5.28. The Balaban J connectivity index is 1.36. The molecule has 176 valence electrons. The monoisotopic (exact) mass is 493 g/mol. The van der Waals surface area contributed by atoms with Crippen molar-refractivity contribution in [1.29, 1.82) is 0 Å². The predicted molar refractivity (Wildman–Crippen MR) is 136 cm³/mol. The van der Waals surface area contributed by atoms with Gasteiger partial charge in [0.1, 0.15) is 18.2 Å². The van der Waals surface area contributed by atoms with Gasteiger partial charge >= 0.3 is 0 Å². The Morgan fingerprint density at radius 3 is 2.59 bits per heavy atom. The summed E-state index contributed by atoms with van der Waals surface area (Å²) in [4.78, 5) is 12.6. The minimum absolute atomic E-state index is 0.0119. The molecule has 0 aliphatic carbocycles. The van der Waals surface area contributed by atoms with E-state index < -0.39 is 6.10 Å². The van der Waals surface area contributed by atoms with Gasteiger partial charge in [-0.25, -0.2) is 0 Å². The van der Waals surface area contributed by atoms with Gasteiger partial charge in [0.25, 0.3) is 0 Å². The van der Waals surface area contributed by atoms with Crippen LogP contribution in [-0.2, 0) is 19.4 Å². The first kappa shape index (κ1) is 24.2. The van der Waals surface area contributed by atoms with E-state index >= 15 is 0 Å². The van der Waals surface area contributed by atoms with E-state index in [-0.39, 0.29) is 12.4 Å². The number of thiophene rings is 1. The maximum absolute atomic E-state index is 11.4. The number of carbonyl (C=O) groups is 1. The van der Waals surface area contributed by atoms with E-state index in [1.54, 1.807) is 35.6 Å². The zero-order valence-electron chi connectivity index (χ0n) is 19.0. The van der Waals surface area contributed by atoms with Crippen LogP contribution in [-0.4, -0.2) is 44.1 Å². The molecule has 34 heavy (non-hydrogen) atoms. The number of aryl methyl sites for hydroxylation is 1. The predicted octanol–water partition coefficient (Wildman–Crippen LogP) is 4.91. The van der Waals surface area contributed by atoms with Crippen LogP contribution < -0.4 is 4.74 Å². The highest BCUT2D eigenvalue weighted by Gasteiger charge is 2.16. The lowest BCUT2D eigenvalue weighted by Gasteiger charge is -2.13. The molecule has 2 heterocycles. The maximum atomic E-state index is 11.4. The minimum Gasteiger partial charge on any atom is -0.491 e. The second-order valence-corrected chi connectivity index (χ2v) is 9.92. The minimum atomic E-state index is -0.669. The number of hydrogen-bond donors (Lipinski definition) is 1. The van der Waals surface area contributed by atoms with Gasteiger partial charge in [-0.15, -0.1) is 21.5 Å². The van der Waals surface area contributed by atoms with Crippen molar-refractivity contribution in [3.8, 4) is 5.75 Å². The lowest BCUT2D eigenvalue weighted by Crippen LogP contribution is -2.20. The average molecular weight is 494 g/mol. The summed E-state index contributed by atoms with van der Waals surface area (Å²) in [6, 6.07) is 21.5. The summed E-state index contributed by atoms with van der Waals surface area (Å²) in [6.07, 6.45) is 0.950. The molecule has 0 saturated heterocycles. The van der Waals surface area contributed by atoms with Crippen molar-refractivity contribution in [2.75, 3.05) is 12.4 Å². The van der Waals surface area contributed by atoms with Crippen LogP contribution in [0.4, 0.5) is 0 Å². The van der Waals surface area contributed by atoms with Crippen molar-refractivity contribution < 1.29 is 14.6 Å². The lowest BCUT2D eigenvalue weighted by atomic mass is 10.1. The number of thioether (sulfide) groups is 1. The van der Waals surface area contributed by atoms with E-state index in [1.165, 1.54) is 29.1 Å². The van der Waals surface area contributed by atoms with Gasteiger partial charge in [0.2, 0.25) is 0 Å². The molecule has 2 aromatic carbocycles. The Kier molecular flexibility index (Phi) is 8.51. The first-order valence-corrected chi connectivity index (χ1v) is 13.0. The van der Waals surface area contributed by atoms with Crippen LogP contribution >= 0.6 is 23.1 Å². The number of aromatic nitrogens is 3. The number of aliphatic hydroxyl groups excluding tert-OH is 1. The number of hydrogen-bond acceptors (Lipinski definition) is 7. The number of Topliss-reactive ketones (excluding diaryl/α,β-unsaturated/α-hetero) is 1. The molecule has 0 bridgehead atoms. The van der Waals surface area contributed by atoms with Gasteiger partial charge in [0.05, 0.1) is 6.10 Å². The Morgan fingerprint density at radius 1 is 1.09 bits per heavy atom. The molecule has 1 atom stereocenters. The fourth-order valence-corrected chi connectivity index (χ4v) is 5.02. The van der Waals surface area contributed by atoms with E-state index in [1.807, 2.05) is 24.3 Å². The van der Waals surface area contributed by atoms with Crippen LogP contribution in [0.1, 0.15) is 33.5 Å². The van der Waals surface area contributed by atoms with Gasteiger partial charge in [-0.2, -0.15) is 0 Å². The van der Waals surface area contributed by atoms with Gasteiger partial charge in [-0.3, -0.25) is 4.79 Å². The van der Waals surface area contributed by atoms with Crippen LogP contribution in [0.25, 0.3) is 0 Å². The Labute approximate surface area is 207 Å². The van der Waals surface area contributed by atoms with E-state index in [4.69, 9.17) is 4.74 Å². The Bertz CT molecular complexity index is 1180. The molecule has 0 radical (unpaired) electrons. The van der Waals surface area contributed by atoms with Gasteiger partial charge in [0.15, 0.2) is 10.9 Å². The van der Waals surface area contributed by atoms with Crippen LogP contribution in [0.15, 0.2) is 77.3 Å². The first-order chi connectivity index (χ1) is 16.6. The smallest absolute Gasteiger partial charge is 0.191 e. The summed E-state index contributed by atoms with van der Waals surface area (Å²) in [5.41, 5.74) is 1.90. The van der Waals surface area contributed by atoms with Crippen molar-refractivity contribution in [3.05, 3.63) is 93.9 Å². The first-order valence-electron chi connectivity index (χ1n) is 11.1. The van der Waals surface area contributed by atoms with Gasteiger partial charge in [0, 0.05) is 29.2 Å². The van der Waals surface area contributed by atoms with E-state index in [0.29, 0.717) is 17.1 Å². The largest absolute Gasteiger partial charge is 0.491 e. The number of nitrogens with zero attached hydrogens (tertiary/aromatic N) is 3. The molecule has 4 rings (SSSR count). The number of carbonyl (C=O) groups excluding carboxylic acids is 1. The number of benzene rings is 2. The summed E-state index contributed by atoms with van der Waals surface area (Å²) in [7, 11) is 0. The van der Waals surface area contributed by atoms with Crippen LogP contribution in [0.5, 0.6) is 5.75 Å². The molecule has 0 amide bonds. The van der Waals surface area contributed by atoms with Gasteiger partial charge < -0.3 is 14.4 Å². The molecule has 1 unspecified atom stereocenters. The highest BCUT2D eigenvalue weighted by Crippen LogP contribution is 2.22. The molecule has 2 aromatic heterocycles. The molecule has 8 heteroatoms. The Hall–Kier alpha value is -2.94. The molecular weight excluding hydrogens is 466 g/mol. The van der Waals surface area contributed by atoms with Gasteiger partial charge in [-0.05, 0) is 54.6 Å². The third kappa shape index (κ3) is 6.79. The second-order valence-electron chi connectivity index (χ2n) is 7.90. The second kappa shape index (κ2) is 12.0. The molecule has 0 spiro atoms. The highest BCUT2D eigenvalue weighted by atomic mass is 32.2. The fourth-order valence-electron chi connectivity index (χ4n) is 3.43. The highest BCUT2D eigenvalue weighted by molar-refractivity contribution is 7.99. The number of ether oxygens (including phenoxy) is 1. The fraction of sp³-hybridized carbons (Fsp3) is 0.269. The van der Waals surface area contributed by atoms with E-state index in [2.05, 4.69) is 38.3 Å². The molecule has 0 fully saturated rings. The number of aliphatic hydroxyl groups is 1. The Morgan fingerprint density at radius 2 is 1.88 bits per heavy atom. The van der Waals surface area contributed by atoms with Crippen LogP contribution in [0.2, 0.25) is 0 Å². The topological polar surface area (TPSA) is 77.2 Å². The van der Waals surface area contributed by atoms with Crippen LogP contribution in [0, 0.1) is 0 Å². The molecule has 6 nitrogen and oxygen atoms in total. The van der Waals surface area contributed by atoms with Crippen molar-refractivity contribution in [3.63, 3.8) is 0 Å². The SMILES string of the molecule is CC(=O)c1ccc(OCC(O)CSc2nnc(Cc3cccs3)n2CCc2ccccc2)cc1. The quantitative estimate of drug-likeness (QED) is 0.223. The molecule has 0 aliphatic heterocycles. The summed E-state index contributed by atoms with van der Waals surface area (Å²) >= 11 is 3.20. The normalized spacial score (nSPS) is 11.9. The molecule has 1 N–H and O–H groups in total.